The summed E-state index contributed by atoms with van der Waals surface area (Å²) in [6, 6.07) is 1.55. The maximum Gasteiger partial charge on any atom is 0.352 e. The monoisotopic (exact) mass is 284 g/mol. The summed E-state index contributed by atoms with van der Waals surface area (Å²) in [5.74, 6) is -0.265. The molecule has 0 fully saturated rings. The van der Waals surface area contributed by atoms with Gasteiger partial charge in [-0.05, 0) is 22.0 Å². The van der Waals surface area contributed by atoms with Crippen molar-refractivity contribution in [1.82, 2.24) is 19.3 Å². The minimum Gasteiger partial charge on any atom is -0.477 e. The summed E-state index contributed by atoms with van der Waals surface area (Å²) in [4.78, 5) is 11.0. The average Bonchev–Trinajstić information content (AvgIpc) is 2.75. The van der Waals surface area contributed by atoms with E-state index in [1.807, 2.05) is 7.05 Å². The second-order valence-electron chi connectivity index (χ2n) is 3.33. The van der Waals surface area contributed by atoms with Crippen LogP contribution in [0, 0.1) is 0 Å². The van der Waals surface area contributed by atoms with E-state index in [1.165, 1.54) is 0 Å². The molecule has 0 aliphatic carbocycles. The highest BCUT2D eigenvalue weighted by molar-refractivity contribution is 9.10. The molecule has 0 aromatic carbocycles. The molecular formula is C9H9BrN4O2. The number of halogens is 1. The maximum absolute atomic E-state index is 11.0. The second-order valence-corrected chi connectivity index (χ2v) is 4.25. The highest BCUT2D eigenvalue weighted by Gasteiger charge is 2.13. The van der Waals surface area contributed by atoms with Gasteiger partial charge in [0.1, 0.15) is 12.0 Å². The number of aromatic carboxylic acids is 1. The highest BCUT2D eigenvalue weighted by atomic mass is 79.9. The van der Waals surface area contributed by atoms with Gasteiger partial charge in [-0.25, -0.2) is 4.79 Å². The van der Waals surface area contributed by atoms with Crippen LogP contribution >= 0.6 is 15.9 Å². The molecule has 2 heterocycles. The number of carboxylic acids is 1. The van der Waals surface area contributed by atoms with Crippen LogP contribution in [-0.4, -0.2) is 30.4 Å². The van der Waals surface area contributed by atoms with Crippen LogP contribution in [0.5, 0.6) is 0 Å². The van der Waals surface area contributed by atoms with Crippen LogP contribution in [0.25, 0.3) is 0 Å². The number of aryl methyl sites for hydroxylation is 1. The van der Waals surface area contributed by atoms with Crippen molar-refractivity contribution in [3.63, 3.8) is 0 Å². The lowest BCUT2D eigenvalue weighted by Crippen LogP contribution is -2.11. The predicted octanol–water partition coefficient (Wildman–Crippen LogP) is 1.13. The molecule has 2 aromatic heterocycles. The van der Waals surface area contributed by atoms with Crippen molar-refractivity contribution in [2.45, 2.75) is 6.54 Å². The van der Waals surface area contributed by atoms with Crippen LogP contribution in [0.3, 0.4) is 0 Å². The van der Waals surface area contributed by atoms with Gasteiger partial charge in [-0.15, -0.1) is 10.2 Å². The third kappa shape index (κ3) is 1.99. The minimum absolute atomic E-state index is 0.217. The van der Waals surface area contributed by atoms with Crippen molar-refractivity contribution >= 4 is 21.9 Å². The Kier molecular flexibility index (Phi) is 2.78. The smallest absolute Gasteiger partial charge is 0.352 e. The van der Waals surface area contributed by atoms with E-state index in [2.05, 4.69) is 26.1 Å². The lowest BCUT2D eigenvalue weighted by Gasteiger charge is -2.04. The van der Waals surface area contributed by atoms with Crippen molar-refractivity contribution in [2.24, 2.45) is 7.05 Å². The van der Waals surface area contributed by atoms with Crippen LogP contribution in [-0.2, 0) is 13.6 Å². The summed E-state index contributed by atoms with van der Waals surface area (Å²) in [7, 11) is 1.81. The van der Waals surface area contributed by atoms with Gasteiger partial charge in [0.05, 0.1) is 6.54 Å². The zero-order valence-electron chi connectivity index (χ0n) is 8.46. The molecule has 0 aliphatic heterocycles. The summed E-state index contributed by atoms with van der Waals surface area (Å²) in [6.07, 6.45) is 3.28. The summed E-state index contributed by atoms with van der Waals surface area (Å²) in [5.41, 5.74) is 0.217. The Morgan fingerprint density at radius 1 is 1.62 bits per heavy atom. The predicted molar refractivity (Wildman–Crippen MR) is 59.2 cm³/mol. The Hall–Kier alpha value is -1.63. The van der Waals surface area contributed by atoms with Crippen molar-refractivity contribution in [2.75, 3.05) is 0 Å². The summed E-state index contributed by atoms with van der Waals surface area (Å²) in [6.45, 7) is 0.379. The molecule has 7 heteroatoms. The van der Waals surface area contributed by atoms with E-state index < -0.39 is 5.97 Å². The molecule has 0 bridgehead atoms. The first-order valence-electron chi connectivity index (χ1n) is 4.50. The number of hydrogen-bond donors (Lipinski definition) is 1. The van der Waals surface area contributed by atoms with E-state index in [0.29, 0.717) is 12.4 Å². The van der Waals surface area contributed by atoms with Gasteiger partial charge in [0, 0.05) is 17.7 Å². The van der Waals surface area contributed by atoms with E-state index in [-0.39, 0.29) is 5.69 Å². The summed E-state index contributed by atoms with van der Waals surface area (Å²) < 4.78 is 4.09. The molecule has 1 N–H and O–H groups in total. The van der Waals surface area contributed by atoms with Gasteiger partial charge in [-0.1, -0.05) is 0 Å². The number of rotatable bonds is 3. The van der Waals surface area contributed by atoms with Gasteiger partial charge in [0.2, 0.25) is 0 Å². The molecule has 0 amide bonds. The van der Waals surface area contributed by atoms with Gasteiger partial charge < -0.3 is 14.2 Å². The van der Waals surface area contributed by atoms with Gasteiger partial charge >= 0.3 is 5.97 Å². The van der Waals surface area contributed by atoms with E-state index in [0.717, 1.165) is 4.47 Å². The normalized spacial score (nSPS) is 10.6. The maximum atomic E-state index is 11.0. The average molecular weight is 285 g/mol. The fraction of sp³-hybridized carbons (Fsp3) is 0.222. The van der Waals surface area contributed by atoms with E-state index in [4.69, 9.17) is 5.11 Å². The molecule has 16 heavy (non-hydrogen) atoms. The number of carboxylic acid groups (broad SMARTS) is 1. The van der Waals surface area contributed by atoms with Crippen LogP contribution < -0.4 is 0 Å². The fourth-order valence-electron chi connectivity index (χ4n) is 1.39. The fourth-order valence-corrected chi connectivity index (χ4v) is 1.85. The number of nitrogens with zero attached hydrogens (tertiary/aromatic N) is 4. The molecule has 2 aromatic rings. The van der Waals surface area contributed by atoms with Gasteiger partial charge in [-0.3, -0.25) is 0 Å². The molecule has 0 spiro atoms. The highest BCUT2D eigenvalue weighted by Crippen LogP contribution is 2.16. The van der Waals surface area contributed by atoms with Crippen molar-refractivity contribution in [3.8, 4) is 0 Å². The first-order chi connectivity index (χ1) is 7.58. The van der Waals surface area contributed by atoms with Gasteiger partial charge in [-0.2, -0.15) is 0 Å². The molecule has 6 nitrogen and oxygen atoms in total. The summed E-state index contributed by atoms with van der Waals surface area (Å²) in [5, 5.41) is 16.6. The van der Waals surface area contributed by atoms with E-state index in [1.54, 1.807) is 27.7 Å². The van der Waals surface area contributed by atoms with Crippen LogP contribution in [0.4, 0.5) is 0 Å². The SMILES string of the molecule is Cn1cnnc1Cn1cc(Br)cc1C(=O)O. The Morgan fingerprint density at radius 3 is 2.94 bits per heavy atom. The zero-order chi connectivity index (χ0) is 11.7. The quantitative estimate of drug-likeness (QED) is 0.917. The third-order valence-corrected chi connectivity index (χ3v) is 2.63. The van der Waals surface area contributed by atoms with Crippen LogP contribution in [0.1, 0.15) is 16.3 Å². The van der Waals surface area contributed by atoms with Crippen molar-refractivity contribution in [3.05, 3.63) is 34.6 Å². The lowest BCUT2D eigenvalue weighted by molar-refractivity contribution is 0.0685. The third-order valence-electron chi connectivity index (χ3n) is 2.20. The number of aromatic nitrogens is 4. The second kappa shape index (κ2) is 4.09. The van der Waals surface area contributed by atoms with Gasteiger partial charge in [0.25, 0.3) is 0 Å². The zero-order valence-corrected chi connectivity index (χ0v) is 10.0. The molecule has 0 saturated carbocycles. The topological polar surface area (TPSA) is 72.9 Å². The van der Waals surface area contributed by atoms with Crippen molar-refractivity contribution in [1.29, 1.82) is 0 Å². The Morgan fingerprint density at radius 2 is 2.38 bits per heavy atom. The number of hydrogen-bond acceptors (Lipinski definition) is 3. The molecule has 0 saturated heterocycles. The Bertz CT molecular complexity index is 531. The van der Waals surface area contributed by atoms with Crippen LogP contribution in [0.2, 0.25) is 0 Å². The van der Waals surface area contributed by atoms with Gasteiger partial charge in [0.15, 0.2) is 5.82 Å². The standard InChI is InChI=1S/C9H9BrN4O2/c1-13-5-11-12-8(13)4-14-3-6(10)2-7(14)9(15)16/h2-3,5H,4H2,1H3,(H,15,16). The first-order valence-corrected chi connectivity index (χ1v) is 5.29. The summed E-state index contributed by atoms with van der Waals surface area (Å²) >= 11 is 3.25. The lowest BCUT2D eigenvalue weighted by atomic mass is 10.4. The van der Waals surface area contributed by atoms with E-state index >= 15 is 0 Å². The Labute approximate surface area is 99.7 Å². The molecule has 0 radical (unpaired) electrons. The minimum atomic E-state index is -0.965. The first kappa shape index (κ1) is 10.9. The molecule has 0 atom stereocenters. The van der Waals surface area contributed by atoms with E-state index in [9.17, 15) is 4.79 Å². The van der Waals surface area contributed by atoms with Crippen molar-refractivity contribution < 1.29 is 9.90 Å². The molecule has 0 aliphatic rings. The molecule has 84 valence electrons. The Balaban J connectivity index is 2.34. The largest absolute Gasteiger partial charge is 0.477 e. The molecule has 0 unspecified atom stereocenters. The number of carbonyl (C=O) groups is 1. The van der Waals surface area contributed by atoms with Crippen LogP contribution in [0.15, 0.2) is 23.1 Å². The molecule has 2 rings (SSSR count). The molecular weight excluding hydrogens is 276 g/mol.